The summed E-state index contributed by atoms with van der Waals surface area (Å²) < 4.78 is 11.9. The van der Waals surface area contributed by atoms with Crippen LogP contribution in [-0.4, -0.2) is 4.21 Å². The summed E-state index contributed by atoms with van der Waals surface area (Å²) in [6.45, 7) is 6.00. The van der Waals surface area contributed by atoms with E-state index in [1.54, 1.807) is 0 Å². The minimum Gasteiger partial charge on any atom is -0.249 e. The number of aryl methyl sites for hydroxylation is 1. The van der Waals surface area contributed by atoms with Crippen molar-refractivity contribution in [3.63, 3.8) is 0 Å². The Balaban J connectivity index is 2.90. The highest BCUT2D eigenvalue weighted by Crippen LogP contribution is 2.14. The molecule has 14 heavy (non-hydrogen) atoms. The molecule has 0 aliphatic carbocycles. The molecular formula is C12H16OS. The third-order valence-corrected chi connectivity index (χ3v) is 3.47. The fourth-order valence-corrected chi connectivity index (χ4v) is 2.28. The standard InChI is InChI=1S/C12H16OS/c1-4-5-11(3)14(13)12-8-6-10(2)7-9-12/h5-9H,4H2,1-3H3/b11-5-. The molecule has 1 nitrogen and oxygen atoms in total. The van der Waals surface area contributed by atoms with Gasteiger partial charge in [0.1, 0.15) is 0 Å². The highest BCUT2D eigenvalue weighted by molar-refractivity contribution is 7.89. The Labute approximate surface area is 88.3 Å². The first-order valence-electron chi connectivity index (χ1n) is 4.80. The molecule has 1 aromatic rings. The van der Waals surface area contributed by atoms with Crippen LogP contribution >= 0.6 is 0 Å². The highest BCUT2D eigenvalue weighted by Gasteiger charge is 2.04. The Morgan fingerprint density at radius 3 is 2.43 bits per heavy atom. The number of hydrogen-bond donors (Lipinski definition) is 0. The largest absolute Gasteiger partial charge is 0.249 e. The van der Waals surface area contributed by atoms with Crippen LogP contribution in [-0.2, 0) is 10.8 Å². The molecule has 1 aromatic carbocycles. The van der Waals surface area contributed by atoms with Gasteiger partial charge in [0.2, 0.25) is 0 Å². The number of benzene rings is 1. The summed E-state index contributed by atoms with van der Waals surface area (Å²) in [5.41, 5.74) is 1.20. The van der Waals surface area contributed by atoms with Crippen LogP contribution < -0.4 is 0 Å². The second-order valence-corrected chi connectivity index (χ2v) is 4.96. The topological polar surface area (TPSA) is 17.1 Å². The number of hydrogen-bond acceptors (Lipinski definition) is 1. The summed E-state index contributed by atoms with van der Waals surface area (Å²) in [7, 11) is -0.975. The van der Waals surface area contributed by atoms with Gasteiger partial charge in [0.15, 0.2) is 0 Å². The van der Waals surface area contributed by atoms with Gasteiger partial charge in [-0.25, -0.2) is 4.21 Å². The van der Waals surface area contributed by atoms with Gasteiger partial charge in [-0.2, -0.15) is 0 Å². The monoisotopic (exact) mass is 208 g/mol. The van der Waals surface area contributed by atoms with Crippen molar-refractivity contribution in [1.82, 2.24) is 0 Å². The molecule has 0 heterocycles. The van der Waals surface area contributed by atoms with Gasteiger partial charge in [-0.15, -0.1) is 0 Å². The minimum absolute atomic E-state index is 0.887. The summed E-state index contributed by atoms with van der Waals surface area (Å²) in [4.78, 5) is 1.83. The lowest BCUT2D eigenvalue weighted by Gasteiger charge is -2.02. The zero-order valence-corrected chi connectivity index (χ0v) is 9.73. The molecule has 0 aliphatic heterocycles. The molecule has 1 unspecified atom stereocenters. The van der Waals surface area contributed by atoms with E-state index in [1.165, 1.54) is 5.56 Å². The van der Waals surface area contributed by atoms with Crippen molar-refractivity contribution in [2.24, 2.45) is 0 Å². The van der Waals surface area contributed by atoms with Crippen molar-refractivity contribution in [1.29, 1.82) is 0 Å². The van der Waals surface area contributed by atoms with E-state index in [9.17, 15) is 4.21 Å². The van der Waals surface area contributed by atoms with E-state index in [-0.39, 0.29) is 0 Å². The van der Waals surface area contributed by atoms with Crippen LogP contribution in [0.3, 0.4) is 0 Å². The fraction of sp³-hybridized carbons (Fsp3) is 0.333. The van der Waals surface area contributed by atoms with Gasteiger partial charge in [-0.3, -0.25) is 0 Å². The summed E-state index contributed by atoms with van der Waals surface area (Å²) in [5.74, 6) is 0. The van der Waals surface area contributed by atoms with E-state index in [0.717, 1.165) is 16.2 Å². The second kappa shape index (κ2) is 5.11. The predicted octanol–water partition coefficient (Wildman–Crippen LogP) is 3.42. The molecule has 0 amide bonds. The third-order valence-electron chi connectivity index (χ3n) is 2.02. The number of rotatable bonds is 3. The highest BCUT2D eigenvalue weighted by atomic mass is 32.2. The molecule has 0 radical (unpaired) electrons. The van der Waals surface area contributed by atoms with E-state index in [4.69, 9.17) is 0 Å². The summed E-state index contributed by atoms with van der Waals surface area (Å²) in [5, 5.41) is 0. The molecule has 0 fully saturated rings. The maximum absolute atomic E-state index is 11.9. The molecule has 1 atom stereocenters. The molecule has 0 saturated carbocycles. The van der Waals surface area contributed by atoms with Crippen LogP contribution in [0.5, 0.6) is 0 Å². The van der Waals surface area contributed by atoms with Crippen molar-refractivity contribution in [3.8, 4) is 0 Å². The lowest BCUT2D eigenvalue weighted by atomic mass is 10.2. The van der Waals surface area contributed by atoms with Crippen molar-refractivity contribution < 1.29 is 4.21 Å². The Morgan fingerprint density at radius 1 is 1.36 bits per heavy atom. The first kappa shape index (κ1) is 11.2. The predicted molar refractivity (Wildman–Crippen MR) is 61.6 cm³/mol. The summed E-state index contributed by atoms with van der Waals surface area (Å²) in [6, 6.07) is 7.84. The Bertz CT molecular complexity index is 349. The molecule has 76 valence electrons. The summed E-state index contributed by atoms with van der Waals surface area (Å²) in [6.07, 6.45) is 2.94. The van der Waals surface area contributed by atoms with Crippen LogP contribution in [0, 0.1) is 6.92 Å². The molecule has 0 bridgehead atoms. The fourth-order valence-electron chi connectivity index (χ4n) is 1.21. The van der Waals surface area contributed by atoms with Crippen LogP contribution in [0.25, 0.3) is 0 Å². The van der Waals surface area contributed by atoms with E-state index in [2.05, 4.69) is 6.92 Å². The number of allylic oxidation sites excluding steroid dienone is 2. The first-order chi connectivity index (χ1) is 6.65. The van der Waals surface area contributed by atoms with Crippen LogP contribution in [0.15, 0.2) is 40.1 Å². The molecule has 2 heteroatoms. The van der Waals surface area contributed by atoms with Gasteiger partial charge < -0.3 is 0 Å². The average Bonchev–Trinajstić information content (AvgIpc) is 2.18. The van der Waals surface area contributed by atoms with Crippen LogP contribution in [0.4, 0.5) is 0 Å². The smallest absolute Gasteiger partial charge is 0.0802 e. The van der Waals surface area contributed by atoms with E-state index < -0.39 is 10.8 Å². The van der Waals surface area contributed by atoms with Crippen molar-refractivity contribution in [2.45, 2.75) is 32.1 Å². The summed E-state index contributed by atoms with van der Waals surface area (Å²) >= 11 is 0. The lowest BCUT2D eigenvalue weighted by molar-refractivity contribution is 0.686. The van der Waals surface area contributed by atoms with Gasteiger partial charge in [-0.05, 0) is 32.4 Å². The maximum Gasteiger partial charge on any atom is 0.0802 e. The SMILES string of the molecule is CC/C=C(/C)S(=O)c1ccc(C)cc1. The second-order valence-electron chi connectivity index (χ2n) is 3.30. The van der Waals surface area contributed by atoms with E-state index >= 15 is 0 Å². The Hall–Kier alpha value is -0.890. The van der Waals surface area contributed by atoms with Gasteiger partial charge >= 0.3 is 0 Å². The lowest BCUT2D eigenvalue weighted by Crippen LogP contribution is -1.92. The van der Waals surface area contributed by atoms with Gasteiger partial charge in [0, 0.05) is 9.80 Å². The zero-order valence-electron chi connectivity index (χ0n) is 8.91. The molecule has 0 N–H and O–H groups in total. The van der Waals surface area contributed by atoms with Crippen LogP contribution in [0.1, 0.15) is 25.8 Å². The molecule has 0 saturated heterocycles. The van der Waals surface area contributed by atoms with Crippen molar-refractivity contribution in [3.05, 3.63) is 40.8 Å². The molecule has 0 aliphatic rings. The first-order valence-corrected chi connectivity index (χ1v) is 5.95. The molecule has 0 aromatic heterocycles. The molecule has 1 rings (SSSR count). The third kappa shape index (κ3) is 2.81. The maximum atomic E-state index is 11.9. The molecular weight excluding hydrogens is 192 g/mol. The van der Waals surface area contributed by atoms with E-state index in [0.29, 0.717) is 0 Å². The van der Waals surface area contributed by atoms with Gasteiger partial charge in [0.05, 0.1) is 10.8 Å². The molecule has 0 spiro atoms. The van der Waals surface area contributed by atoms with Gasteiger partial charge in [0.25, 0.3) is 0 Å². The Kier molecular flexibility index (Phi) is 4.08. The average molecular weight is 208 g/mol. The van der Waals surface area contributed by atoms with Crippen molar-refractivity contribution >= 4 is 10.8 Å². The van der Waals surface area contributed by atoms with Crippen LogP contribution in [0.2, 0.25) is 0 Å². The minimum atomic E-state index is -0.975. The quantitative estimate of drug-likeness (QED) is 0.744. The zero-order chi connectivity index (χ0) is 10.6. The van der Waals surface area contributed by atoms with Crippen molar-refractivity contribution in [2.75, 3.05) is 0 Å². The Morgan fingerprint density at radius 2 is 1.93 bits per heavy atom. The van der Waals surface area contributed by atoms with Gasteiger partial charge in [-0.1, -0.05) is 30.7 Å². The normalized spacial score (nSPS) is 14.1. The van der Waals surface area contributed by atoms with E-state index in [1.807, 2.05) is 44.2 Å².